The molecule has 0 unspecified atom stereocenters. The molecule has 0 aliphatic carbocycles. The maximum atomic E-state index is 6.49. The molecule has 0 spiro atoms. The molecule has 4 aromatic rings. The van der Waals surface area contributed by atoms with Crippen LogP contribution in [0.4, 0.5) is 5.69 Å². The number of hydrogen-bond donors (Lipinski definition) is 0. The summed E-state index contributed by atoms with van der Waals surface area (Å²) < 4.78 is 2.38. The van der Waals surface area contributed by atoms with Crippen LogP contribution in [-0.4, -0.2) is 16.1 Å². The lowest BCUT2D eigenvalue weighted by Crippen LogP contribution is -2.30. The molecule has 5 rings (SSSR count). The van der Waals surface area contributed by atoms with Gasteiger partial charge >= 0.3 is 0 Å². The van der Waals surface area contributed by atoms with Gasteiger partial charge in [-0.15, -0.1) is 12.4 Å². The number of nitrogens with zero attached hydrogens (tertiary/aromatic N) is 3. The monoisotopic (exact) mass is 437 g/mol. The Balaban J connectivity index is 0.00000218. The molecule has 3 heterocycles. The highest BCUT2D eigenvalue weighted by molar-refractivity contribution is 6.31. The molecule has 0 atom stereocenters. The molecule has 0 bridgehead atoms. The number of hydrogen-bond acceptors (Lipinski definition) is 2. The summed E-state index contributed by atoms with van der Waals surface area (Å²) in [5, 5.41) is 0.809. The van der Waals surface area contributed by atoms with Crippen LogP contribution in [0.25, 0.3) is 11.0 Å². The van der Waals surface area contributed by atoms with Crippen molar-refractivity contribution in [3.8, 4) is 0 Å². The Labute approximate surface area is 188 Å². The van der Waals surface area contributed by atoms with E-state index in [1.54, 1.807) is 0 Å². The number of anilines is 1. The maximum absolute atomic E-state index is 6.49. The Morgan fingerprint density at radius 2 is 1.70 bits per heavy atom. The molecule has 1 aliphatic rings. The fourth-order valence-electron chi connectivity index (χ4n) is 4.48. The van der Waals surface area contributed by atoms with Gasteiger partial charge < -0.3 is 9.47 Å². The van der Waals surface area contributed by atoms with Crippen molar-refractivity contribution < 1.29 is 0 Å². The van der Waals surface area contributed by atoms with Gasteiger partial charge in [0.2, 0.25) is 0 Å². The zero-order chi connectivity index (χ0) is 20.0. The molecule has 2 aromatic heterocycles. The first-order valence-corrected chi connectivity index (χ1v) is 10.5. The van der Waals surface area contributed by atoms with Gasteiger partial charge in [0.15, 0.2) is 0 Å². The third-order valence-electron chi connectivity index (χ3n) is 6.23. The zero-order valence-electron chi connectivity index (χ0n) is 17.2. The Hall–Kier alpha value is -2.49. The molecular formula is C25H25Cl2N3. The number of aryl methyl sites for hydroxylation is 1. The summed E-state index contributed by atoms with van der Waals surface area (Å²) in [6, 6.07) is 19.0. The second-order valence-corrected chi connectivity index (χ2v) is 8.26. The molecule has 0 radical (unpaired) electrons. The molecule has 2 aromatic carbocycles. The lowest BCUT2D eigenvalue weighted by molar-refractivity contribution is 0.727. The van der Waals surface area contributed by atoms with Gasteiger partial charge in [-0.2, -0.15) is 0 Å². The van der Waals surface area contributed by atoms with Gasteiger partial charge in [-0.1, -0.05) is 54.1 Å². The highest BCUT2D eigenvalue weighted by Crippen LogP contribution is 2.35. The van der Waals surface area contributed by atoms with E-state index in [0.29, 0.717) is 0 Å². The van der Waals surface area contributed by atoms with Crippen LogP contribution in [0.2, 0.25) is 5.02 Å². The molecule has 0 fully saturated rings. The highest BCUT2D eigenvalue weighted by Gasteiger charge is 2.22. The van der Waals surface area contributed by atoms with Gasteiger partial charge in [-0.3, -0.25) is 4.98 Å². The van der Waals surface area contributed by atoms with Gasteiger partial charge in [0.25, 0.3) is 0 Å². The maximum Gasteiger partial charge on any atom is 0.0934 e. The summed E-state index contributed by atoms with van der Waals surface area (Å²) in [6.45, 7) is 7.06. The van der Waals surface area contributed by atoms with Crippen LogP contribution in [-0.2, 0) is 19.5 Å². The average molecular weight is 438 g/mol. The smallest absolute Gasteiger partial charge is 0.0934 e. The first-order valence-electron chi connectivity index (χ1n) is 10.1. The van der Waals surface area contributed by atoms with Crippen molar-refractivity contribution in [3.63, 3.8) is 0 Å². The van der Waals surface area contributed by atoms with Crippen molar-refractivity contribution in [3.05, 3.63) is 93.8 Å². The van der Waals surface area contributed by atoms with Gasteiger partial charge in [0.1, 0.15) is 0 Å². The number of pyridine rings is 1. The average Bonchev–Trinajstić information content (AvgIpc) is 3.00. The normalized spacial score (nSPS) is 13.2. The first-order chi connectivity index (χ1) is 14.1. The van der Waals surface area contributed by atoms with Gasteiger partial charge in [0, 0.05) is 36.5 Å². The van der Waals surface area contributed by atoms with Crippen molar-refractivity contribution in [2.75, 3.05) is 11.4 Å². The third-order valence-corrected chi connectivity index (χ3v) is 6.60. The lowest BCUT2D eigenvalue weighted by atomic mass is 9.99. The number of benzene rings is 2. The van der Waals surface area contributed by atoms with Crippen LogP contribution in [0.3, 0.4) is 0 Å². The van der Waals surface area contributed by atoms with Crippen molar-refractivity contribution in [2.45, 2.75) is 33.4 Å². The van der Waals surface area contributed by atoms with Gasteiger partial charge in [0.05, 0.1) is 16.7 Å². The minimum Gasteiger partial charge on any atom is -0.365 e. The molecule has 3 nitrogen and oxygen atoms in total. The molecule has 0 amide bonds. The van der Waals surface area contributed by atoms with E-state index in [1.807, 2.05) is 18.3 Å². The number of fused-ring (bicyclic) bond motifs is 2. The second kappa shape index (κ2) is 8.33. The van der Waals surface area contributed by atoms with Crippen LogP contribution in [0, 0.1) is 13.8 Å². The summed E-state index contributed by atoms with van der Waals surface area (Å²) in [4.78, 5) is 7.24. The van der Waals surface area contributed by atoms with E-state index >= 15 is 0 Å². The van der Waals surface area contributed by atoms with E-state index in [2.05, 4.69) is 65.8 Å². The molecule has 0 N–H and O–H groups in total. The first kappa shape index (κ1) is 20.8. The van der Waals surface area contributed by atoms with Crippen LogP contribution in [0.5, 0.6) is 0 Å². The zero-order valence-corrected chi connectivity index (χ0v) is 18.8. The summed E-state index contributed by atoms with van der Waals surface area (Å²) in [7, 11) is 0. The van der Waals surface area contributed by atoms with Crippen LogP contribution in [0.15, 0.2) is 60.8 Å². The summed E-state index contributed by atoms with van der Waals surface area (Å²) >= 11 is 6.49. The number of halogens is 2. The largest absolute Gasteiger partial charge is 0.365 e. The predicted molar refractivity (Wildman–Crippen MR) is 128 cm³/mol. The fraction of sp³-hybridized carbons (Fsp3) is 0.240. The fourth-order valence-corrected chi connectivity index (χ4v) is 4.67. The Morgan fingerprint density at radius 3 is 2.50 bits per heavy atom. The number of rotatable bonds is 3. The minimum absolute atomic E-state index is 0. The van der Waals surface area contributed by atoms with E-state index in [9.17, 15) is 0 Å². The molecule has 1 aliphatic heterocycles. The molecule has 5 heteroatoms. The van der Waals surface area contributed by atoms with Gasteiger partial charge in [-0.25, -0.2) is 0 Å². The molecule has 0 saturated heterocycles. The van der Waals surface area contributed by atoms with E-state index in [1.165, 1.54) is 33.6 Å². The lowest BCUT2D eigenvalue weighted by Gasteiger charge is -2.31. The number of aromatic nitrogens is 2. The van der Waals surface area contributed by atoms with E-state index in [4.69, 9.17) is 16.6 Å². The summed E-state index contributed by atoms with van der Waals surface area (Å²) in [5.41, 5.74) is 10.1. The molecular weight excluding hydrogens is 413 g/mol. The van der Waals surface area contributed by atoms with E-state index < -0.39 is 0 Å². The molecule has 154 valence electrons. The van der Waals surface area contributed by atoms with Crippen molar-refractivity contribution >= 4 is 40.7 Å². The van der Waals surface area contributed by atoms with Crippen LogP contribution >= 0.6 is 24.0 Å². The van der Waals surface area contributed by atoms with E-state index in [0.717, 1.165) is 42.2 Å². The van der Waals surface area contributed by atoms with Gasteiger partial charge in [-0.05, 0) is 54.7 Å². The second-order valence-electron chi connectivity index (χ2n) is 7.86. The SMILES string of the molecule is Cc1c(C)n(Cc2ccccc2Cl)c2c(N3CCc4ccccc4C3)ccnc12.Cl. The summed E-state index contributed by atoms with van der Waals surface area (Å²) in [6.07, 6.45) is 3.02. The van der Waals surface area contributed by atoms with Crippen molar-refractivity contribution in [1.29, 1.82) is 0 Å². The van der Waals surface area contributed by atoms with Crippen molar-refractivity contribution in [1.82, 2.24) is 9.55 Å². The van der Waals surface area contributed by atoms with Crippen LogP contribution in [0.1, 0.15) is 27.9 Å². The Morgan fingerprint density at radius 1 is 0.967 bits per heavy atom. The summed E-state index contributed by atoms with van der Waals surface area (Å²) in [5.74, 6) is 0. The standard InChI is InChI=1S/C25H24ClN3.ClH/c1-17-18(2)29(16-21-9-5-6-10-22(21)26)25-23(11-13-27-24(17)25)28-14-12-19-7-3-4-8-20(19)15-28;/h3-11,13H,12,14-16H2,1-2H3;1H. The minimum atomic E-state index is 0. The molecule has 30 heavy (non-hydrogen) atoms. The molecule has 0 saturated carbocycles. The van der Waals surface area contributed by atoms with Crippen LogP contribution < -0.4 is 4.90 Å². The van der Waals surface area contributed by atoms with E-state index in [-0.39, 0.29) is 12.4 Å². The Kier molecular flexibility index (Phi) is 5.77. The van der Waals surface area contributed by atoms with Crippen molar-refractivity contribution in [2.24, 2.45) is 0 Å². The third kappa shape index (κ3) is 3.46. The quantitative estimate of drug-likeness (QED) is 0.372. The predicted octanol–water partition coefficient (Wildman–Crippen LogP) is 6.34. The Bertz CT molecular complexity index is 1210. The highest BCUT2D eigenvalue weighted by atomic mass is 35.5. The topological polar surface area (TPSA) is 21.1 Å².